The van der Waals surface area contributed by atoms with Gasteiger partial charge < -0.3 is 10.2 Å². The number of fused-ring (bicyclic) bond motifs is 1. The first kappa shape index (κ1) is 18.4. The number of carbonyl (C=O) groups is 1. The number of amides is 1. The minimum absolute atomic E-state index is 0.0576. The number of hydrogen-bond acceptors (Lipinski definition) is 5. The molecule has 146 valence electrons. The van der Waals surface area contributed by atoms with Crippen molar-refractivity contribution in [3.63, 3.8) is 0 Å². The lowest BCUT2D eigenvalue weighted by molar-refractivity contribution is -0.122. The third kappa shape index (κ3) is 3.98. The van der Waals surface area contributed by atoms with Crippen LogP contribution in [0.25, 0.3) is 11.0 Å². The molecule has 0 saturated carbocycles. The zero-order valence-electron chi connectivity index (χ0n) is 16.2. The average Bonchev–Trinajstić information content (AvgIpc) is 2.94. The van der Waals surface area contributed by atoms with E-state index in [9.17, 15) is 4.79 Å². The highest BCUT2D eigenvalue weighted by Crippen LogP contribution is 2.25. The Morgan fingerprint density at radius 1 is 1.11 bits per heavy atom. The lowest BCUT2D eigenvalue weighted by Crippen LogP contribution is -2.30. The minimum Gasteiger partial charge on any atom is -0.356 e. The molecule has 3 aromatic rings. The van der Waals surface area contributed by atoms with Crippen molar-refractivity contribution in [3.05, 3.63) is 48.4 Å². The fourth-order valence-corrected chi connectivity index (χ4v) is 3.78. The van der Waals surface area contributed by atoms with Crippen molar-refractivity contribution in [2.45, 2.75) is 45.2 Å². The second kappa shape index (κ2) is 8.37. The van der Waals surface area contributed by atoms with Gasteiger partial charge in [0.25, 0.3) is 0 Å². The van der Waals surface area contributed by atoms with Crippen LogP contribution < -0.4 is 10.2 Å². The van der Waals surface area contributed by atoms with E-state index in [-0.39, 0.29) is 18.5 Å². The van der Waals surface area contributed by atoms with Gasteiger partial charge in [0.2, 0.25) is 5.91 Å². The van der Waals surface area contributed by atoms with Crippen LogP contribution in [0.2, 0.25) is 0 Å². The summed E-state index contributed by atoms with van der Waals surface area (Å²) in [5.74, 6) is 0.840. The van der Waals surface area contributed by atoms with Crippen molar-refractivity contribution >= 4 is 22.8 Å². The van der Waals surface area contributed by atoms with Crippen LogP contribution in [0.5, 0.6) is 0 Å². The van der Waals surface area contributed by atoms with E-state index in [1.165, 1.54) is 25.7 Å². The van der Waals surface area contributed by atoms with Crippen molar-refractivity contribution in [2.75, 3.05) is 18.0 Å². The summed E-state index contributed by atoms with van der Waals surface area (Å²) in [7, 11) is 0. The molecule has 1 atom stereocenters. The van der Waals surface area contributed by atoms with Crippen LogP contribution in [-0.4, -0.2) is 38.7 Å². The molecule has 3 heterocycles. The molecule has 0 bridgehead atoms. The molecule has 0 aliphatic carbocycles. The molecule has 1 N–H and O–H groups in total. The summed E-state index contributed by atoms with van der Waals surface area (Å²) in [5, 5.41) is 8.36. The van der Waals surface area contributed by atoms with Crippen LogP contribution in [-0.2, 0) is 11.3 Å². The number of nitrogens with zero attached hydrogens (tertiary/aromatic N) is 5. The van der Waals surface area contributed by atoms with Crippen LogP contribution in [0.4, 0.5) is 5.82 Å². The highest BCUT2D eigenvalue weighted by atomic mass is 16.2. The molecule has 1 aliphatic rings. The molecule has 2 aromatic heterocycles. The third-order valence-corrected chi connectivity index (χ3v) is 5.29. The summed E-state index contributed by atoms with van der Waals surface area (Å²) in [6.07, 6.45) is 8.25. The fraction of sp³-hybridized carbons (Fsp3) is 0.429. The molecular weight excluding hydrogens is 352 g/mol. The van der Waals surface area contributed by atoms with E-state index in [1.807, 2.05) is 37.3 Å². The zero-order valence-corrected chi connectivity index (χ0v) is 16.2. The van der Waals surface area contributed by atoms with Gasteiger partial charge in [-0.1, -0.05) is 43.2 Å². The SMILES string of the molecule is C[C@@H](NC(=O)Cn1ncc2c(N3CCCCCC3)ncnc21)c1ccccc1. The van der Waals surface area contributed by atoms with Gasteiger partial charge >= 0.3 is 0 Å². The maximum atomic E-state index is 12.5. The first-order valence-corrected chi connectivity index (χ1v) is 9.98. The van der Waals surface area contributed by atoms with Gasteiger partial charge in [-0.05, 0) is 25.3 Å². The molecule has 7 heteroatoms. The molecule has 0 radical (unpaired) electrons. The van der Waals surface area contributed by atoms with Crippen LogP contribution in [0.3, 0.4) is 0 Å². The van der Waals surface area contributed by atoms with E-state index in [2.05, 4.69) is 25.3 Å². The van der Waals surface area contributed by atoms with Gasteiger partial charge in [-0.25, -0.2) is 14.6 Å². The molecule has 0 unspecified atom stereocenters. The first-order valence-electron chi connectivity index (χ1n) is 9.98. The number of nitrogens with one attached hydrogen (secondary N) is 1. The summed E-state index contributed by atoms with van der Waals surface area (Å²) in [6.45, 7) is 4.13. The summed E-state index contributed by atoms with van der Waals surface area (Å²) in [6, 6.07) is 9.87. The topological polar surface area (TPSA) is 75.9 Å². The predicted molar refractivity (Wildman–Crippen MR) is 109 cm³/mol. The molecule has 1 saturated heterocycles. The van der Waals surface area contributed by atoms with Gasteiger partial charge in [0.15, 0.2) is 5.65 Å². The van der Waals surface area contributed by atoms with E-state index in [0.717, 1.165) is 29.9 Å². The van der Waals surface area contributed by atoms with Gasteiger partial charge in [-0.3, -0.25) is 4.79 Å². The van der Waals surface area contributed by atoms with Crippen molar-refractivity contribution in [1.82, 2.24) is 25.1 Å². The zero-order chi connectivity index (χ0) is 19.3. The molecule has 28 heavy (non-hydrogen) atoms. The lowest BCUT2D eigenvalue weighted by Gasteiger charge is -2.21. The number of aromatic nitrogens is 4. The van der Waals surface area contributed by atoms with E-state index >= 15 is 0 Å². The van der Waals surface area contributed by atoms with E-state index in [1.54, 1.807) is 17.2 Å². The second-order valence-electron chi connectivity index (χ2n) is 7.34. The highest BCUT2D eigenvalue weighted by molar-refractivity contribution is 5.88. The van der Waals surface area contributed by atoms with Crippen LogP contribution in [0.1, 0.15) is 44.2 Å². The van der Waals surface area contributed by atoms with Crippen molar-refractivity contribution < 1.29 is 4.79 Å². The highest BCUT2D eigenvalue weighted by Gasteiger charge is 2.18. The Balaban J connectivity index is 1.50. The van der Waals surface area contributed by atoms with Crippen LogP contribution >= 0.6 is 0 Å². The summed E-state index contributed by atoms with van der Waals surface area (Å²) >= 11 is 0. The molecule has 1 aliphatic heterocycles. The lowest BCUT2D eigenvalue weighted by atomic mass is 10.1. The Hall–Kier alpha value is -2.96. The Kier molecular flexibility index (Phi) is 5.50. The fourth-order valence-electron chi connectivity index (χ4n) is 3.78. The van der Waals surface area contributed by atoms with Gasteiger partial charge in [0, 0.05) is 13.1 Å². The van der Waals surface area contributed by atoms with Crippen molar-refractivity contribution in [3.8, 4) is 0 Å². The Morgan fingerprint density at radius 2 is 1.86 bits per heavy atom. The van der Waals surface area contributed by atoms with Crippen molar-refractivity contribution in [2.24, 2.45) is 0 Å². The number of hydrogen-bond donors (Lipinski definition) is 1. The number of carbonyl (C=O) groups excluding carboxylic acids is 1. The molecular formula is C21H26N6O. The minimum atomic E-state index is -0.0868. The van der Waals surface area contributed by atoms with E-state index < -0.39 is 0 Å². The smallest absolute Gasteiger partial charge is 0.242 e. The molecule has 1 aromatic carbocycles. The largest absolute Gasteiger partial charge is 0.356 e. The Morgan fingerprint density at radius 3 is 2.61 bits per heavy atom. The molecule has 1 amide bonds. The second-order valence-corrected chi connectivity index (χ2v) is 7.34. The van der Waals surface area contributed by atoms with Crippen molar-refractivity contribution in [1.29, 1.82) is 0 Å². The maximum Gasteiger partial charge on any atom is 0.242 e. The number of anilines is 1. The average molecular weight is 378 g/mol. The van der Waals surface area contributed by atoms with E-state index in [4.69, 9.17) is 0 Å². The third-order valence-electron chi connectivity index (χ3n) is 5.29. The Labute approximate surface area is 164 Å². The van der Waals surface area contributed by atoms with Gasteiger partial charge in [0.05, 0.1) is 17.6 Å². The van der Waals surface area contributed by atoms with Crippen LogP contribution in [0.15, 0.2) is 42.9 Å². The summed E-state index contributed by atoms with van der Waals surface area (Å²) < 4.78 is 1.66. The maximum absolute atomic E-state index is 12.5. The Bertz CT molecular complexity index is 930. The normalized spacial score (nSPS) is 16.0. The molecule has 4 rings (SSSR count). The van der Waals surface area contributed by atoms with Crippen LogP contribution in [0, 0.1) is 0 Å². The van der Waals surface area contributed by atoms with E-state index in [0.29, 0.717) is 5.65 Å². The predicted octanol–water partition coefficient (Wildman–Crippen LogP) is 3.08. The van der Waals surface area contributed by atoms with Gasteiger partial charge in [-0.15, -0.1) is 0 Å². The van der Waals surface area contributed by atoms with Gasteiger partial charge in [0.1, 0.15) is 18.7 Å². The number of rotatable bonds is 5. The molecule has 1 fully saturated rings. The monoisotopic (exact) mass is 378 g/mol. The summed E-state index contributed by atoms with van der Waals surface area (Å²) in [5.41, 5.74) is 1.78. The molecule has 0 spiro atoms. The summed E-state index contributed by atoms with van der Waals surface area (Å²) in [4.78, 5) is 23.8. The van der Waals surface area contributed by atoms with Gasteiger partial charge in [-0.2, -0.15) is 5.10 Å². The first-order chi connectivity index (χ1) is 13.7. The quantitative estimate of drug-likeness (QED) is 0.738. The molecule has 7 nitrogen and oxygen atoms in total. The standard InChI is InChI=1S/C21H26N6O/c1-16(17-9-5-4-6-10-17)25-19(28)14-27-21-18(13-24-27)20(22-15-23-21)26-11-7-2-3-8-12-26/h4-6,9-10,13,15-16H,2-3,7-8,11-12,14H2,1H3,(H,25,28)/t16-/m1/s1. The number of benzene rings is 1.